The number of nitrogens with zero attached hydrogens (tertiary/aromatic N) is 1. The summed E-state index contributed by atoms with van der Waals surface area (Å²) in [5, 5.41) is 2.97. The molecule has 0 saturated heterocycles. The number of anilines is 2. The molecule has 1 heterocycles. The van der Waals surface area contributed by atoms with Crippen LogP contribution in [0, 0.1) is 20.8 Å². The zero-order valence-electron chi connectivity index (χ0n) is 21.0. The van der Waals surface area contributed by atoms with Gasteiger partial charge in [0.15, 0.2) is 6.10 Å². The summed E-state index contributed by atoms with van der Waals surface area (Å²) in [5.74, 6) is -0.0277. The Morgan fingerprint density at radius 2 is 1.60 bits per heavy atom. The highest BCUT2D eigenvalue weighted by Gasteiger charge is 2.38. The lowest BCUT2D eigenvalue weighted by Gasteiger charge is -2.36. The van der Waals surface area contributed by atoms with E-state index in [9.17, 15) is 13.2 Å². The Morgan fingerprint density at radius 3 is 2.20 bits per heavy atom. The van der Waals surface area contributed by atoms with E-state index in [0.717, 1.165) is 27.9 Å². The number of hydrogen-bond donors (Lipinski definition) is 1. The quantitative estimate of drug-likeness (QED) is 0.522. The number of fused-ring (bicyclic) bond motifs is 1. The molecule has 0 spiro atoms. The van der Waals surface area contributed by atoms with Gasteiger partial charge in [0.25, 0.3) is 15.9 Å². The van der Waals surface area contributed by atoms with Crippen molar-refractivity contribution in [2.75, 3.05) is 16.2 Å². The number of aryl methyl sites for hydroxylation is 3. The van der Waals surface area contributed by atoms with Gasteiger partial charge in [-0.2, -0.15) is 0 Å². The molecule has 7 heteroatoms. The van der Waals surface area contributed by atoms with E-state index >= 15 is 0 Å². The number of rotatable bonds is 4. The van der Waals surface area contributed by atoms with E-state index in [1.54, 1.807) is 36.4 Å². The summed E-state index contributed by atoms with van der Waals surface area (Å²) in [5.41, 5.74) is 4.93. The zero-order valence-corrected chi connectivity index (χ0v) is 21.9. The van der Waals surface area contributed by atoms with E-state index in [4.69, 9.17) is 4.74 Å². The number of nitrogens with one attached hydrogen (secondary N) is 1. The van der Waals surface area contributed by atoms with Gasteiger partial charge in [0.05, 0.1) is 17.1 Å². The minimum Gasteiger partial charge on any atom is -0.476 e. The van der Waals surface area contributed by atoms with Gasteiger partial charge in [-0.25, -0.2) is 8.42 Å². The molecule has 3 aromatic carbocycles. The molecule has 0 radical (unpaired) electrons. The molecule has 3 aromatic rings. The Morgan fingerprint density at radius 1 is 0.971 bits per heavy atom. The van der Waals surface area contributed by atoms with Crippen LogP contribution in [0.3, 0.4) is 0 Å². The van der Waals surface area contributed by atoms with Crippen molar-refractivity contribution in [1.29, 1.82) is 0 Å². The lowest BCUT2D eigenvalue weighted by Crippen LogP contribution is -2.49. The minimum absolute atomic E-state index is 0.131. The van der Waals surface area contributed by atoms with Crippen LogP contribution in [0.2, 0.25) is 0 Å². The second-order valence-electron chi connectivity index (χ2n) is 10.2. The van der Waals surface area contributed by atoms with Crippen molar-refractivity contribution in [3.05, 3.63) is 82.9 Å². The largest absolute Gasteiger partial charge is 0.476 e. The van der Waals surface area contributed by atoms with Crippen LogP contribution in [0.15, 0.2) is 65.6 Å². The van der Waals surface area contributed by atoms with Crippen LogP contribution >= 0.6 is 0 Å². The summed E-state index contributed by atoms with van der Waals surface area (Å²) in [7, 11) is -3.93. The minimum atomic E-state index is -3.93. The van der Waals surface area contributed by atoms with Crippen LogP contribution in [0.1, 0.15) is 43.0 Å². The van der Waals surface area contributed by atoms with Gasteiger partial charge in [-0.3, -0.25) is 9.10 Å². The Labute approximate surface area is 208 Å². The van der Waals surface area contributed by atoms with Crippen molar-refractivity contribution < 1.29 is 17.9 Å². The molecular weight excluding hydrogens is 460 g/mol. The van der Waals surface area contributed by atoms with Crippen LogP contribution in [0.25, 0.3) is 0 Å². The molecule has 1 aliphatic heterocycles. The second-order valence-corrected chi connectivity index (χ2v) is 12.0. The fourth-order valence-corrected chi connectivity index (χ4v) is 5.87. The Kier molecular flexibility index (Phi) is 6.40. The normalized spacial score (nSPS) is 15.8. The highest BCUT2D eigenvalue weighted by molar-refractivity contribution is 7.92. The smallest absolute Gasteiger partial charge is 0.267 e. The van der Waals surface area contributed by atoms with E-state index in [1.165, 1.54) is 4.31 Å². The fourth-order valence-electron chi connectivity index (χ4n) is 4.38. The lowest BCUT2D eigenvalue weighted by molar-refractivity contribution is -0.122. The fraction of sp³-hybridized carbons (Fsp3) is 0.321. The van der Waals surface area contributed by atoms with E-state index in [2.05, 4.69) is 26.1 Å². The maximum Gasteiger partial charge on any atom is 0.267 e. The average molecular weight is 493 g/mol. The third-order valence-electron chi connectivity index (χ3n) is 6.24. The van der Waals surface area contributed by atoms with Gasteiger partial charge in [0.1, 0.15) is 5.75 Å². The molecule has 4 rings (SSSR count). The third-order valence-corrected chi connectivity index (χ3v) is 8.04. The molecule has 1 amide bonds. The molecule has 6 nitrogen and oxygen atoms in total. The van der Waals surface area contributed by atoms with E-state index in [1.807, 2.05) is 45.0 Å². The molecule has 0 fully saturated rings. The standard InChI is InChI=1S/C28H32N2O4S/c1-18-14-19(2)26(20(3)15-18)29-27(31)25-17-30(35(32,33)22-10-8-7-9-11-22)23-16-21(28(4,5)6)12-13-24(23)34-25/h7-16,25H,17H2,1-6H3,(H,29,31)/t25-/m0/s1. The lowest BCUT2D eigenvalue weighted by atomic mass is 9.86. The highest BCUT2D eigenvalue weighted by Crippen LogP contribution is 2.40. The van der Waals surface area contributed by atoms with Crippen molar-refractivity contribution in [1.82, 2.24) is 0 Å². The van der Waals surface area contributed by atoms with Gasteiger partial charge in [0, 0.05) is 5.69 Å². The summed E-state index contributed by atoms with van der Waals surface area (Å²) in [4.78, 5) is 13.5. The van der Waals surface area contributed by atoms with Crippen LogP contribution < -0.4 is 14.4 Å². The Hall–Kier alpha value is -3.32. The van der Waals surface area contributed by atoms with Gasteiger partial charge in [-0.1, -0.05) is 62.7 Å². The van der Waals surface area contributed by atoms with Crippen LogP contribution in [-0.2, 0) is 20.2 Å². The van der Waals surface area contributed by atoms with E-state index < -0.39 is 16.1 Å². The maximum absolute atomic E-state index is 13.7. The first-order valence-electron chi connectivity index (χ1n) is 11.7. The number of carbonyl (C=O) groups excluding carboxylic acids is 1. The van der Waals surface area contributed by atoms with Crippen molar-refractivity contribution >= 4 is 27.3 Å². The van der Waals surface area contributed by atoms with Crippen molar-refractivity contribution in [3.63, 3.8) is 0 Å². The summed E-state index contributed by atoms with van der Waals surface area (Å²) in [6.45, 7) is 11.9. The van der Waals surface area contributed by atoms with Crippen molar-refractivity contribution in [2.24, 2.45) is 0 Å². The molecular formula is C28H32N2O4S. The summed E-state index contributed by atoms with van der Waals surface area (Å²) in [6, 6.07) is 17.8. The van der Waals surface area contributed by atoms with Gasteiger partial charge in [-0.05, 0) is 67.1 Å². The first-order valence-corrected chi connectivity index (χ1v) is 13.1. The predicted octanol–water partition coefficient (Wildman–Crippen LogP) is 5.50. The number of carbonyl (C=O) groups is 1. The van der Waals surface area contributed by atoms with E-state index in [0.29, 0.717) is 11.4 Å². The molecule has 0 aromatic heterocycles. The first-order chi connectivity index (χ1) is 16.4. The first kappa shape index (κ1) is 24.8. The SMILES string of the molecule is Cc1cc(C)c(NC(=O)[C@@H]2CN(S(=O)(=O)c3ccccc3)c3cc(C(C)(C)C)ccc3O2)c(C)c1. The van der Waals surface area contributed by atoms with Gasteiger partial charge < -0.3 is 10.1 Å². The van der Waals surface area contributed by atoms with Crippen molar-refractivity contribution in [3.8, 4) is 5.75 Å². The number of amides is 1. The van der Waals surface area contributed by atoms with Crippen LogP contribution in [0.5, 0.6) is 5.75 Å². The molecule has 0 bridgehead atoms. The molecule has 1 N–H and O–H groups in total. The second kappa shape index (κ2) is 9.04. The Bertz CT molecular complexity index is 1350. The summed E-state index contributed by atoms with van der Waals surface area (Å²) >= 11 is 0. The summed E-state index contributed by atoms with van der Waals surface area (Å²) in [6.07, 6.45) is -1.01. The highest BCUT2D eigenvalue weighted by atomic mass is 32.2. The van der Waals surface area contributed by atoms with E-state index in [-0.39, 0.29) is 22.8 Å². The maximum atomic E-state index is 13.7. The van der Waals surface area contributed by atoms with Crippen LogP contribution in [0.4, 0.5) is 11.4 Å². The van der Waals surface area contributed by atoms with Gasteiger partial charge >= 0.3 is 0 Å². The molecule has 0 saturated carbocycles. The van der Waals surface area contributed by atoms with Gasteiger partial charge in [-0.15, -0.1) is 0 Å². The molecule has 35 heavy (non-hydrogen) atoms. The average Bonchev–Trinajstić information content (AvgIpc) is 2.80. The molecule has 0 aliphatic carbocycles. The predicted molar refractivity (Wildman–Crippen MR) is 140 cm³/mol. The number of hydrogen-bond acceptors (Lipinski definition) is 4. The number of sulfonamides is 1. The summed E-state index contributed by atoms with van der Waals surface area (Å²) < 4.78 is 34.8. The third kappa shape index (κ3) is 4.91. The monoisotopic (exact) mass is 492 g/mol. The van der Waals surface area contributed by atoms with Crippen LogP contribution in [-0.4, -0.2) is 27.0 Å². The number of benzene rings is 3. The Balaban J connectivity index is 1.75. The molecule has 0 unspecified atom stereocenters. The number of ether oxygens (including phenoxy) is 1. The zero-order chi connectivity index (χ0) is 25.5. The molecule has 1 aliphatic rings. The molecule has 1 atom stereocenters. The van der Waals surface area contributed by atoms with Crippen molar-refractivity contribution in [2.45, 2.75) is 58.0 Å². The topological polar surface area (TPSA) is 75.7 Å². The van der Waals surface area contributed by atoms with Gasteiger partial charge in [0.2, 0.25) is 0 Å². The molecule has 184 valence electrons.